The Morgan fingerprint density at radius 1 is 1.07 bits per heavy atom. The van der Waals surface area contributed by atoms with Gasteiger partial charge in [0, 0.05) is 0 Å². The molecule has 2 N–H and O–H groups in total. The average Bonchev–Trinajstić information content (AvgIpc) is 2.65. The van der Waals surface area contributed by atoms with Crippen molar-refractivity contribution >= 4 is 22.6 Å². The van der Waals surface area contributed by atoms with Gasteiger partial charge in [0.1, 0.15) is 11.3 Å². The van der Waals surface area contributed by atoms with Crippen molar-refractivity contribution in [1.82, 2.24) is 5.32 Å². The molecule has 0 aliphatic heterocycles. The summed E-state index contributed by atoms with van der Waals surface area (Å²) in [6, 6.07) is 18.3. The molecule has 0 aliphatic rings. The first-order valence-corrected chi connectivity index (χ1v) is 8.69. The number of phenolic OH excluding ortho intramolecular Hbond substituents is 1. The van der Waals surface area contributed by atoms with Gasteiger partial charge in [-0.2, -0.15) is 0 Å². The molecule has 3 aromatic carbocycles. The molecule has 5 heteroatoms. The summed E-state index contributed by atoms with van der Waals surface area (Å²) in [4.78, 5) is 24.2. The van der Waals surface area contributed by atoms with E-state index in [1.165, 1.54) is 12.1 Å². The predicted molar refractivity (Wildman–Crippen MR) is 104 cm³/mol. The fourth-order valence-corrected chi connectivity index (χ4v) is 3.01. The summed E-state index contributed by atoms with van der Waals surface area (Å²) in [5.41, 5.74) is 1.85. The lowest BCUT2D eigenvalue weighted by atomic mass is 10.00. The van der Waals surface area contributed by atoms with E-state index in [0.29, 0.717) is 0 Å². The van der Waals surface area contributed by atoms with Crippen molar-refractivity contribution < 1.29 is 19.4 Å². The highest BCUT2D eigenvalue weighted by molar-refractivity contribution is 5.94. The molecule has 0 radical (unpaired) electrons. The summed E-state index contributed by atoms with van der Waals surface area (Å²) in [7, 11) is 0. The number of esters is 1. The number of aryl methyl sites for hydroxylation is 1. The molecule has 0 aliphatic carbocycles. The number of hydrogen-bond acceptors (Lipinski definition) is 4. The van der Waals surface area contributed by atoms with Crippen molar-refractivity contribution in [2.45, 2.75) is 19.9 Å². The summed E-state index contributed by atoms with van der Waals surface area (Å²) in [6.07, 6.45) is 0. The first kappa shape index (κ1) is 18.5. The molecule has 0 bridgehead atoms. The lowest BCUT2D eigenvalue weighted by Crippen LogP contribution is -2.31. The Balaban J connectivity index is 1.62. The Morgan fingerprint density at radius 3 is 2.59 bits per heavy atom. The second-order valence-corrected chi connectivity index (χ2v) is 6.45. The lowest BCUT2D eigenvalue weighted by Gasteiger charge is -2.16. The Hall–Kier alpha value is -3.34. The molecular formula is C22H21NO4. The number of benzene rings is 3. The van der Waals surface area contributed by atoms with Crippen LogP contribution in [-0.2, 0) is 9.53 Å². The van der Waals surface area contributed by atoms with Crippen LogP contribution in [-0.4, -0.2) is 23.6 Å². The topological polar surface area (TPSA) is 75.6 Å². The number of nitrogens with one attached hydrogen (secondary N) is 1. The van der Waals surface area contributed by atoms with Gasteiger partial charge in [0.15, 0.2) is 6.61 Å². The first-order valence-electron chi connectivity index (χ1n) is 8.69. The third kappa shape index (κ3) is 4.26. The summed E-state index contributed by atoms with van der Waals surface area (Å²) >= 11 is 0. The van der Waals surface area contributed by atoms with Gasteiger partial charge in [-0.3, -0.25) is 4.79 Å². The second-order valence-electron chi connectivity index (χ2n) is 6.45. The number of rotatable bonds is 5. The Labute approximate surface area is 157 Å². The van der Waals surface area contributed by atoms with Crippen molar-refractivity contribution in [3.05, 3.63) is 77.4 Å². The summed E-state index contributed by atoms with van der Waals surface area (Å²) < 4.78 is 5.02. The molecule has 0 saturated heterocycles. The van der Waals surface area contributed by atoms with Crippen LogP contribution in [0.15, 0.2) is 60.7 Å². The predicted octanol–water partition coefficient (Wildman–Crippen LogP) is 3.89. The van der Waals surface area contributed by atoms with E-state index in [-0.39, 0.29) is 17.4 Å². The number of aromatic hydroxyl groups is 1. The Kier molecular flexibility index (Phi) is 5.41. The fraction of sp³-hybridized carbons (Fsp3) is 0.182. The van der Waals surface area contributed by atoms with E-state index in [1.54, 1.807) is 13.0 Å². The second kappa shape index (κ2) is 7.91. The zero-order valence-corrected chi connectivity index (χ0v) is 15.2. The minimum Gasteiger partial charge on any atom is -0.507 e. The van der Waals surface area contributed by atoms with Crippen molar-refractivity contribution in [2.24, 2.45) is 0 Å². The van der Waals surface area contributed by atoms with Gasteiger partial charge in [-0.15, -0.1) is 0 Å². The molecule has 27 heavy (non-hydrogen) atoms. The third-order valence-electron chi connectivity index (χ3n) is 4.37. The van der Waals surface area contributed by atoms with Gasteiger partial charge < -0.3 is 15.2 Å². The highest BCUT2D eigenvalue weighted by Gasteiger charge is 2.16. The lowest BCUT2D eigenvalue weighted by molar-refractivity contribution is -0.124. The highest BCUT2D eigenvalue weighted by Crippen LogP contribution is 2.24. The van der Waals surface area contributed by atoms with E-state index in [2.05, 4.69) is 5.32 Å². The smallest absolute Gasteiger partial charge is 0.342 e. The monoisotopic (exact) mass is 363 g/mol. The van der Waals surface area contributed by atoms with E-state index < -0.39 is 18.5 Å². The van der Waals surface area contributed by atoms with Crippen molar-refractivity contribution in [3.8, 4) is 5.75 Å². The van der Waals surface area contributed by atoms with Gasteiger partial charge in [-0.25, -0.2) is 4.79 Å². The Bertz CT molecular complexity index is 991. The molecule has 0 aromatic heterocycles. The van der Waals surface area contributed by atoms with Crippen LogP contribution >= 0.6 is 0 Å². The normalized spacial score (nSPS) is 11.8. The van der Waals surface area contributed by atoms with Crippen molar-refractivity contribution in [1.29, 1.82) is 0 Å². The maximum Gasteiger partial charge on any atom is 0.342 e. The van der Waals surface area contributed by atoms with Crippen LogP contribution < -0.4 is 5.32 Å². The molecule has 0 fully saturated rings. The molecule has 3 rings (SSSR count). The largest absolute Gasteiger partial charge is 0.507 e. The first-order chi connectivity index (χ1) is 13.0. The number of carbonyl (C=O) groups excluding carboxylic acids is 2. The van der Waals surface area contributed by atoms with Crippen LogP contribution in [0, 0.1) is 6.92 Å². The van der Waals surface area contributed by atoms with Crippen LogP contribution in [0.25, 0.3) is 10.8 Å². The van der Waals surface area contributed by atoms with E-state index in [1.807, 2.05) is 49.4 Å². The number of phenols is 1. The maximum absolute atomic E-state index is 12.2. The molecule has 0 heterocycles. The zero-order chi connectivity index (χ0) is 19.4. The Morgan fingerprint density at radius 2 is 1.81 bits per heavy atom. The van der Waals surface area contributed by atoms with Crippen LogP contribution in [0.5, 0.6) is 5.75 Å². The molecule has 1 amide bonds. The highest BCUT2D eigenvalue weighted by atomic mass is 16.5. The maximum atomic E-state index is 12.2. The van der Waals surface area contributed by atoms with E-state index in [9.17, 15) is 14.7 Å². The minimum atomic E-state index is -0.736. The quantitative estimate of drug-likeness (QED) is 0.675. The third-order valence-corrected chi connectivity index (χ3v) is 4.37. The van der Waals surface area contributed by atoms with Crippen LogP contribution in [0.4, 0.5) is 0 Å². The van der Waals surface area contributed by atoms with Gasteiger partial charge in [0.05, 0.1) is 6.04 Å². The number of ether oxygens (including phenoxy) is 1. The number of hydrogen-bond donors (Lipinski definition) is 2. The van der Waals surface area contributed by atoms with Gasteiger partial charge in [0.2, 0.25) is 0 Å². The molecule has 0 spiro atoms. The standard InChI is InChI=1S/C22H21NO4/c1-14-10-11-19(20(24)12-14)22(26)27-13-21(25)23-15(2)17-9-5-7-16-6-3-4-8-18(16)17/h3-12,15,24H,13H2,1-2H3,(H,23,25)/t15-/m0/s1. The fourth-order valence-electron chi connectivity index (χ4n) is 3.01. The number of fused-ring (bicyclic) bond motifs is 1. The molecular weight excluding hydrogens is 342 g/mol. The number of amides is 1. The summed E-state index contributed by atoms with van der Waals surface area (Å²) in [5, 5.41) is 14.8. The van der Waals surface area contributed by atoms with E-state index >= 15 is 0 Å². The summed E-state index contributed by atoms with van der Waals surface area (Å²) in [5.74, 6) is -1.31. The van der Waals surface area contributed by atoms with Crippen LogP contribution in [0.3, 0.4) is 0 Å². The molecule has 0 saturated carbocycles. The molecule has 1 atom stereocenters. The van der Waals surface area contributed by atoms with E-state index in [4.69, 9.17) is 4.74 Å². The SMILES string of the molecule is Cc1ccc(C(=O)OCC(=O)N[C@@H](C)c2cccc3ccccc23)c(O)c1. The number of carbonyl (C=O) groups is 2. The van der Waals surface area contributed by atoms with Gasteiger partial charge in [-0.05, 0) is 47.9 Å². The van der Waals surface area contributed by atoms with Crippen molar-refractivity contribution in [3.63, 3.8) is 0 Å². The van der Waals surface area contributed by atoms with Gasteiger partial charge in [-0.1, -0.05) is 48.5 Å². The molecule has 5 nitrogen and oxygen atoms in total. The minimum absolute atomic E-state index is 0.0375. The average molecular weight is 363 g/mol. The zero-order valence-electron chi connectivity index (χ0n) is 15.2. The van der Waals surface area contributed by atoms with Crippen LogP contribution in [0.2, 0.25) is 0 Å². The van der Waals surface area contributed by atoms with Gasteiger partial charge in [0.25, 0.3) is 5.91 Å². The van der Waals surface area contributed by atoms with Crippen LogP contribution in [0.1, 0.15) is 34.5 Å². The summed E-state index contributed by atoms with van der Waals surface area (Å²) in [6.45, 7) is 3.27. The van der Waals surface area contributed by atoms with E-state index in [0.717, 1.165) is 21.9 Å². The van der Waals surface area contributed by atoms with Gasteiger partial charge >= 0.3 is 5.97 Å². The molecule has 0 unspecified atom stereocenters. The van der Waals surface area contributed by atoms with Crippen molar-refractivity contribution in [2.75, 3.05) is 6.61 Å². The molecule has 138 valence electrons. The molecule has 3 aromatic rings.